The summed E-state index contributed by atoms with van der Waals surface area (Å²) in [4.78, 5) is 18.0. The number of aliphatic imine (C=N–C) groups is 1. The molecule has 0 aliphatic rings. The highest BCUT2D eigenvalue weighted by molar-refractivity contribution is 14.0. The molecule has 7 nitrogen and oxygen atoms in total. The van der Waals surface area contributed by atoms with Crippen molar-refractivity contribution >= 4 is 36.0 Å². The number of nitrogens with zero attached hydrogens (tertiary/aromatic N) is 2. The number of carbonyl (C=O) groups is 1. The molecule has 0 aromatic carbocycles. The van der Waals surface area contributed by atoms with Crippen LogP contribution in [0.3, 0.4) is 0 Å². The van der Waals surface area contributed by atoms with E-state index in [1.54, 1.807) is 11.9 Å². The summed E-state index contributed by atoms with van der Waals surface area (Å²) in [5, 5.41) is 6.42. The predicted molar refractivity (Wildman–Crippen MR) is 119 cm³/mol. The van der Waals surface area contributed by atoms with Gasteiger partial charge in [-0.1, -0.05) is 13.8 Å². The molecule has 0 heterocycles. The molecule has 26 heavy (non-hydrogen) atoms. The van der Waals surface area contributed by atoms with E-state index in [1.807, 2.05) is 27.7 Å². The Morgan fingerprint density at radius 3 is 2.42 bits per heavy atom. The van der Waals surface area contributed by atoms with Crippen LogP contribution in [0.25, 0.3) is 0 Å². The number of rotatable bonds is 10. The molecule has 156 valence electrons. The molecule has 0 fully saturated rings. The van der Waals surface area contributed by atoms with E-state index in [-0.39, 0.29) is 30.1 Å². The minimum Gasteiger partial charge on any atom is -0.444 e. The first-order valence-corrected chi connectivity index (χ1v) is 9.19. The third kappa shape index (κ3) is 16.7. The topological polar surface area (TPSA) is 75.2 Å². The molecule has 0 radical (unpaired) electrons. The highest BCUT2D eigenvalue weighted by atomic mass is 127. The van der Waals surface area contributed by atoms with Gasteiger partial charge < -0.3 is 25.0 Å². The predicted octanol–water partition coefficient (Wildman–Crippen LogP) is 3.09. The second-order valence-corrected chi connectivity index (χ2v) is 7.41. The molecule has 1 amide bonds. The monoisotopic (exact) mass is 486 g/mol. The third-order valence-corrected chi connectivity index (χ3v) is 2.96. The van der Waals surface area contributed by atoms with Gasteiger partial charge in [0.25, 0.3) is 0 Å². The van der Waals surface area contributed by atoms with Crippen LogP contribution in [0.2, 0.25) is 0 Å². The number of hydrogen-bond acceptors (Lipinski definition) is 4. The molecule has 0 unspecified atom stereocenters. The van der Waals surface area contributed by atoms with Gasteiger partial charge in [0.15, 0.2) is 5.96 Å². The van der Waals surface area contributed by atoms with Gasteiger partial charge in [0.05, 0.1) is 0 Å². The summed E-state index contributed by atoms with van der Waals surface area (Å²) in [6, 6.07) is 0. The molecule has 0 rings (SSSR count). The summed E-state index contributed by atoms with van der Waals surface area (Å²) in [5.41, 5.74) is -0.479. The molecule has 0 aliphatic heterocycles. The van der Waals surface area contributed by atoms with Gasteiger partial charge in [0.2, 0.25) is 0 Å². The highest BCUT2D eigenvalue weighted by Crippen LogP contribution is 2.08. The normalized spacial score (nSPS) is 11.8. The zero-order chi connectivity index (χ0) is 19.3. The molecular formula is C18H39IN4O3. The molecule has 0 saturated carbocycles. The number of amides is 1. The van der Waals surface area contributed by atoms with E-state index in [9.17, 15) is 4.79 Å². The van der Waals surface area contributed by atoms with E-state index < -0.39 is 5.60 Å². The van der Waals surface area contributed by atoms with Gasteiger partial charge in [-0.25, -0.2) is 4.79 Å². The molecule has 0 spiro atoms. The minimum atomic E-state index is -0.479. The Hall–Kier alpha value is -0.770. The number of ether oxygens (including phenoxy) is 2. The lowest BCUT2D eigenvalue weighted by Crippen LogP contribution is -2.43. The van der Waals surface area contributed by atoms with Crippen LogP contribution in [0.1, 0.15) is 48.0 Å². The smallest absolute Gasteiger partial charge is 0.410 e. The zero-order valence-electron chi connectivity index (χ0n) is 17.6. The fraction of sp³-hybridized carbons (Fsp3) is 0.889. The van der Waals surface area contributed by atoms with Crippen LogP contribution in [0.5, 0.6) is 0 Å². The van der Waals surface area contributed by atoms with Crippen molar-refractivity contribution in [2.45, 2.75) is 53.6 Å². The van der Waals surface area contributed by atoms with Crippen molar-refractivity contribution in [2.75, 3.05) is 46.4 Å². The van der Waals surface area contributed by atoms with Gasteiger partial charge in [-0.3, -0.25) is 4.99 Å². The average Bonchev–Trinajstić information content (AvgIpc) is 2.48. The SMILES string of the molecule is CCNC(=NCCCOCC(C)C)NCCN(C)C(=O)OC(C)(C)C.I. The van der Waals surface area contributed by atoms with Crippen LogP contribution in [0.15, 0.2) is 4.99 Å². The molecule has 2 N–H and O–H groups in total. The lowest BCUT2D eigenvalue weighted by molar-refractivity contribution is 0.0302. The maximum atomic E-state index is 11.9. The Morgan fingerprint density at radius 2 is 1.88 bits per heavy atom. The number of carbonyl (C=O) groups excluding carboxylic acids is 1. The lowest BCUT2D eigenvalue weighted by atomic mass is 10.2. The summed E-state index contributed by atoms with van der Waals surface area (Å²) in [6.07, 6.45) is 0.569. The van der Waals surface area contributed by atoms with Gasteiger partial charge in [-0.15, -0.1) is 24.0 Å². The fourth-order valence-corrected chi connectivity index (χ4v) is 1.79. The Bertz CT molecular complexity index is 398. The molecule has 0 bridgehead atoms. The van der Waals surface area contributed by atoms with Crippen molar-refractivity contribution in [1.82, 2.24) is 15.5 Å². The van der Waals surface area contributed by atoms with E-state index in [0.717, 1.165) is 32.1 Å². The summed E-state index contributed by atoms with van der Waals surface area (Å²) in [5.74, 6) is 1.31. The largest absolute Gasteiger partial charge is 0.444 e. The molecular weight excluding hydrogens is 447 g/mol. The van der Waals surface area contributed by atoms with Crippen LogP contribution in [-0.4, -0.2) is 69.0 Å². The van der Waals surface area contributed by atoms with Crippen LogP contribution in [0, 0.1) is 5.92 Å². The standard InChI is InChI=1S/C18H38N4O3.HI/c1-8-19-16(20-10-9-13-24-14-15(2)3)21-11-12-22(7)17(23)25-18(4,5)6;/h15H,8-14H2,1-7H3,(H2,19,20,21);1H. The summed E-state index contributed by atoms with van der Waals surface area (Å²) in [6.45, 7) is 16.0. The molecule has 0 aliphatic carbocycles. The first-order chi connectivity index (χ1) is 11.7. The second-order valence-electron chi connectivity index (χ2n) is 7.41. The van der Waals surface area contributed by atoms with E-state index in [4.69, 9.17) is 9.47 Å². The number of halogens is 1. The van der Waals surface area contributed by atoms with Gasteiger partial charge in [-0.05, 0) is 40.0 Å². The number of guanidine groups is 1. The first kappa shape index (κ1) is 27.4. The maximum Gasteiger partial charge on any atom is 0.410 e. The zero-order valence-corrected chi connectivity index (χ0v) is 19.9. The van der Waals surface area contributed by atoms with Crippen molar-refractivity contribution in [3.63, 3.8) is 0 Å². The van der Waals surface area contributed by atoms with Gasteiger partial charge in [0, 0.05) is 46.4 Å². The summed E-state index contributed by atoms with van der Waals surface area (Å²) in [7, 11) is 1.73. The van der Waals surface area contributed by atoms with Crippen LogP contribution in [-0.2, 0) is 9.47 Å². The molecule has 8 heteroatoms. The summed E-state index contributed by atoms with van der Waals surface area (Å²) >= 11 is 0. The highest BCUT2D eigenvalue weighted by Gasteiger charge is 2.19. The Balaban J connectivity index is 0. The fourth-order valence-electron chi connectivity index (χ4n) is 1.79. The van der Waals surface area contributed by atoms with Crippen molar-refractivity contribution in [3.8, 4) is 0 Å². The molecule has 0 atom stereocenters. The quantitative estimate of drug-likeness (QED) is 0.215. The lowest BCUT2D eigenvalue weighted by Gasteiger charge is -2.24. The van der Waals surface area contributed by atoms with E-state index >= 15 is 0 Å². The Labute approximate surface area is 176 Å². The van der Waals surface area contributed by atoms with E-state index in [1.165, 1.54) is 0 Å². The van der Waals surface area contributed by atoms with Crippen LogP contribution in [0.4, 0.5) is 4.79 Å². The van der Waals surface area contributed by atoms with Gasteiger partial charge >= 0.3 is 6.09 Å². The van der Waals surface area contributed by atoms with Gasteiger partial charge in [0.1, 0.15) is 5.60 Å². The summed E-state index contributed by atoms with van der Waals surface area (Å²) < 4.78 is 10.9. The van der Waals surface area contributed by atoms with E-state index in [2.05, 4.69) is 29.5 Å². The molecule has 0 aromatic heterocycles. The number of nitrogens with one attached hydrogen (secondary N) is 2. The van der Waals surface area contributed by atoms with Crippen molar-refractivity contribution in [3.05, 3.63) is 0 Å². The minimum absolute atomic E-state index is 0. The van der Waals surface area contributed by atoms with Crippen LogP contribution >= 0.6 is 24.0 Å². The van der Waals surface area contributed by atoms with Crippen LogP contribution < -0.4 is 10.6 Å². The third-order valence-electron chi connectivity index (χ3n) is 2.96. The Kier molecular flexibility index (Phi) is 16.2. The average molecular weight is 486 g/mol. The second kappa shape index (κ2) is 15.3. The van der Waals surface area contributed by atoms with E-state index in [0.29, 0.717) is 25.6 Å². The first-order valence-electron chi connectivity index (χ1n) is 9.19. The van der Waals surface area contributed by atoms with Gasteiger partial charge in [-0.2, -0.15) is 0 Å². The number of likely N-dealkylation sites (N-methyl/N-ethyl adjacent to an activating group) is 1. The molecule has 0 saturated heterocycles. The molecule has 0 aromatic rings. The van der Waals surface area contributed by atoms with Crippen molar-refractivity contribution in [1.29, 1.82) is 0 Å². The Morgan fingerprint density at radius 1 is 1.23 bits per heavy atom. The number of hydrogen-bond donors (Lipinski definition) is 2. The maximum absolute atomic E-state index is 11.9. The van der Waals surface area contributed by atoms with Crippen molar-refractivity contribution in [2.24, 2.45) is 10.9 Å². The van der Waals surface area contributed by atoms with Crippen molar-refractivity contribution < 1.29 is 14.3 Å².